The zero-order valence-corrected chi connectivity index (χ0v) is 38.6. The van der Waals surface area contributed by atoms with Crippen molar-refractivity contribution < 1.29 is 38.1 Å². The summed E-state index contributed by atoms with van der Waals surface area (Å²) in [5.41, 5.74) is 7.99. The Morgan fingerprint density at radius 1 is 0.815 bits per heavy atom. The Labute approximate surface area is 380 Å². The molecule has 5 aliphatic heterocycles. The number of aliphatic imine (C=N–C) groups is 1. The van der Waals surface area contributed by atoms with Gasteiger partial charge in [0.05, 0.1) is 56.1 Å². The van der Waals surface area contributed by atoms with Gasteiger partial charge in [-0.25, -0.2) is 14.6 Å². The molecule has 15 nitrogen and oxygen atoms in total. The fourth-order valence-electron chi connectivity index (χ4n) is 11.2. The largest absolute Gasteiger partial charge is 0.488 e. The van der Waals surface area contributed by atoms with Crippen LogP contribution in [0.25, 0.3) is 33.2 Å². The van der Waals surface area contributed by atoms with Crippen molar-refractivity contribution >= 4 is 46.2 Å². The van der Waals surface area contributed by atoms with Crippen LogP contribution in [-0.2, 0) is 36.8 Å². The van der Waals surface area contributed by atoms with E-state index in [4.69, 9.17) is 28.9 Å². The molecular weight excluding hydrogens is 827 g/mol. The number of nitrogens with zero attached hydrogens (tertiary/aromatic N) is 4. The van der Waals surface area contributed by atoms with Crippen molar-refractivity contribution in [2.24, 2.45) is 16.8 Å². The number of methoxy groups -OCH3 is 2. The Hall–Kier alpha value is -5.96. The first-order chi connectivity index (χ1) is 31.2. The van der Waals surface area contributed by atoms with E-state index in [0.717, 1.165) is 87.1 Å². The van der Waals surface area contributed by atoms with Gasteiger partial charge < -0.3 is 44.4 Å². The summed E-state index contributed by atoms with van der Waals surface area (Å²) in [7, 11) is 2.62. The first-order valence-corrected chi connectivity index (χ1v) is 23.2. The number of H-pyrrole nitrogens is 1. The molecule has 3 fully saturated rings. The van der Waals surface area contributed by atoms with E-state index in [1.807, 2.05) is 43.7 Å². The second kappa shape index (κ2) is 17.8. The van der Waals surface area contributed by atoms with E-state index in [1.54, 1.807) is 0 Å². The van der Waals surface area contributed by atoms with Gasteiger partial charge in [-0.1, -0.05) is 32.0 Å². The van der Waals surface area contributed by atoms with Crippen LogP contribution in [0.15, 0.2) is 53.7 Å². The van der Waals surface area contributed by atoms with Gasteiger partial charge in [0.25, 0.3) is 0 Å². The zero-order valence-electron chi connectivity index (χ0n) is 38.6. The fourth-order valence-corrected chi connectivity index (χ4v) is 11.2. The van der Waals surface area contributed by atoms with Crippen LogP contribution in [0.1, 0.15) is 103 Å². The third kappa shape index (κ3) is 8.32. The molecule has 3 N–H and O–H groups in total. The first-order valence-electron chi connectivity index (χ1n) is 23.2. The highest BCUT2D eigenvalue weighted by Crippen LogP contribution is 2.45. The lowest BCUT2D eigenvalue weighted by Gasteiger charge is -2.39. The summed E-state index contributed by atoms with van der Waals surface area (Å²) < 4.78 is 22.3. The van der Waals surface area contributed by atoms with Crippen LogP contribution in [0.3, 0.4) is 0 Å². The second-order valence-corrected chi connectivity index (χ2v) is 19.1. The highest BCUT2D eigenvalue weighted by Gasteiger charge is 2.45. The molecule has 0 unspecified atom stereocenters. The Balaban J connectivity index is 0.932. The monoisotopic (exact) mass is 887 g/mol. The average molecular weight is 888 g/mol. The number of nitrogens with one attached hydrogen (secondary N) is 3. The summed E-state index contributed by atoms with van der Waals surface area (Å²) in [6.07, 6.45) is 5.70. The standard InChI is InChI=1S/C50H61N7O8/c1-25(2)44(54-49(60)62-7)47(58)56-26(3)9-15-41(56)39-21-36-35-22-43-37(20-30(35)12-14-38(36)52-39)34-13-11-31(19-33(34)24-64-43)40-23-51-46(53-40)42-16-10-27(4)57(42)48(59)45(55-50(61)63-8)32-17-28(5)65-29(6)18-32/h11-14,19-20,22-23,25-29,32,41-42,44-45H,9-10,15-18,21,24H2,1-8H3,(H,51,53)(H,54,60)(H,55,61)/t26-,27-,28+,29+,41-,42-,44-,45+/m0/s1. The molecule has 65 heavy (non-hydrogen) atoms. The summed E-state index contributed by atoms with van der Waals surface area (Å²) in [6.45, 7) is 12.4. The number of ether oxygens (including phenoxy) is 4. The number of carbonyl (C=O) groups excluding carboxylic acids is 4. The lowest BCUT2D eigenvalue weighted by Crippen LogP contribution is -2.55. The lowest BCUT2D eigenvalue weighted by atomic mass is 9.85. The maximum Gasteiger partial charge on any atom is 0.407 e. The molecular formula is C50H61N7O8. The molecule has 3 aromatic carbocycles. The van der Waals surface area contributed by atoms with Crippen LogP contribution in [0.4, 0.5) is 15.3 Å². The van der Waals surface area contributed by atoms with E-state index in [-0.39, 0.29) is 60.0 Å². The molecule has 1 aromatic heterocycles. The summed E-state index contributed by atoms with van der Waals surface area (Å²) >= 11 is 0. The average Bonchev–Trinajstić information content (AvgIpc) is 4.11. The van der Waals surface area contributed by atoms with Crippen LogP contribution in [0, 0.1) is 11.8 Å². The number of fused-ring (bicyclic) bond motifs is 6. The maximum absolute atomic E-state index is 14.5. The van der Waals surface area contributed by atoms with Crippen LogP contribution in [0.5, 0.6) is 5.75 Å². The number of carbonyl (C=O) groups is 4. The van der Waals surface area contributed by atoms with Crippen LogP contribution >= 0.6 is 0 Å². The van der Waals surface area contributed by atoms with E-state index >= 15 is 0 Å². The van der Waals surface area contributed by atoms with Crippen molar-refractivity contribution in [2.45, 2.75) is 142 Å². The van der Waals surface area contributed by atoms with Gasteiger partial charge in [-0.2, -0.15) is 0 Å². The quantitative estimate of drug-likeness (QED) is 0.150. The second-order valence-electron chi connectivity index (χ2n) is 19.1. The number of imidazole rings is 1. The minimum atomic E-state index is -0.743. The molecule has 0 aliphatic carbocycles. The molecule has 6 heterocycles. The van der Waals surface area contributed by atoms with Gasteiger partial charge in [0.15, 0.2) is 0 Å². The van der Waals surface area contributed by atoms with E-state index in [1.165, 1.54) is 14.2 Å². The third-order valence-corrected chi connectivity index (χ3v) is 14.4. The van der Waals surface area contributed by atoms with Crippen molar-refractivity contribution in [2.75, 3.05) is 14.2 Å². The number of amides is 4. The van der Waals surface area contributed by atoms with Gasteiger partial charge in [-0.05, 0) is 135 Å². The summed E-state index contributed by atoms with van der Waals surface area (Å²) in [6, 6.07) is 13.0. The predicted octanol–water partition coefficient (Wildman–Crippen LogP) is 8.16. The molecule has 344 valence electrons. The SMILES string of the molecule is COC(=O)N[C@H](C(=O)N1[C@@H](C)CC[C@H]1C1=Nc2ccc3cc4c(cc3c2C1)OCc1cc(-c2cnc([C@@H]3CC[C@H](C)N3C(=O)[C@H](NC(=O)OC)C3C[C@@H](C)O[C@H](C)C3)[nH]2)ccc1-4)C(C)C. The van der Waals surface area contributed by atoms with Gasteiger partial charge in [-0.15, -0.1) is 0 Å². The molecule has 0 saturated carbocycles. The molecule has 4 aromatic rings. The topological polar surface area (TPSA) is 177 Å². The van der Waals surface area contributed by atoms with Gasteiger partial charge in [-0.3, -0.25) is 14.6 Å². The van der Waals surface area contributed by atoms with Gasteiger partial charge >= 0.3 is 12.2 Å². The number of rotatable bonds is 9. The van der Waals surface area contributed by atoms with Crippen LogP contribution in [0.2, 0.25) is 0 Å². The highest BCUT2D eigenvalue weighted by atomic mass is 16.5. The Morgan fingerprint density at radius 3 is 2.22 bits per heavy atom. The molecule has 0 radical (unpaired) electrons. The molecule has 9 rings (SSSR count). The van der Waals surface area contributed by atoms with Gasteiger partial charge in [0, 0.05) is 29.8 Å². The van der Waals surface area contributed by atoms with Gasteiger partial charge in [0.1, 0.15) is 30.3 Å². The number of benzene rings is 3. The lowest BCUT2D eigenvalue weighted by molar-refractivity contribution is -0.140. The number of hydrogen-bond acceptors (Lipinski definition) is 10. The number of aromatic amines is 1. The molecule has 0 bridgehead atoms. The Morgan fingerprint density at radius 2 is 1.51 bits per heavy atom. The predicted molar refractivity (Wildman–Crippen MR) is 246 cm³/mol. The van der Waals surface area contributed by atoms with Crippen molar-refractivity contribution in [3.63, 3.8) is 0 Å². The summed E-state index contributed by atoms with van der Waals surface area (Å²) in [4.78, 5) is 70.6. The summed E-state index contributed by atoms with van der Waals surface area (Å²) in [5.74, 6) is 1.08. The fraction of sp³-hybridized carbons (Fsp3) is 0.520. The van der Waals surface area contributed by atoms with E-state index < -0.39 is 24.3 Å². The Kier molecular flexibility index (Phi) is 12.1. The number of alkyl carbamates (subject to hydrolysis) is 2. The zero-order chi connectivity index (χ0) is 45.8. The number of hydrogen-bond donors (Lipinski definition) is 3. The minimum Gasteiger partial charge on any atom is -0.488 e. The normalized spacial score (nSPS) is 25.6. The molecule has 15 heteroatoms. The van der Waals surface area contributed by atoms with Crippen molar-refractivity contribution in [1.82, 2.24) is 30.4 Å². The third-order valence-electron chi connectivity index (χ3n) is 14.4. The van der Waals surface area contributed by atoms with Crippen molar-refractivity contribution in [1.29, 1.82) is 0 Å². The minimum absolute atomic E-state index is 0.0108. The smallest absolute Gasteiger partial charge is 0.407 e. The van der Waals surface area contributed by atoms with Crippen molar-refractivity contribution in [3.8, 4) is 28.1 Å². The molecule has 0 spiro atoms. The molecule has 8 atom stereocenters. The van der Waals surface area contributed by atoms with E-state index in [9.17, 15) is 19.2 Å². The maximum atomic E-state index is 14.5. The van der Waals surface area contributed by atoms with Gasteiger partial charge in [0.2, 0.25) is 11.8 Å². The molecule has 5 aliphatic rings. The van der Waals surface area contributed by atoms with E-state index in [2.05, 4.69) is 71.9 Å². The van der Waals surface area contributed by atoms with E-state index in [0.29, 0.717) is 31.7 Å². The number of likely N-dealkylation sites (tertiary alicyclic amines) is 2. The van der Waals surface area contributed by atoms with Crippen LogP contribution < -0.4 is 15.4 Å². The van der Waals surface area contributed by atoms with Crippen LogP contribution in [-0.4, -0.2) is 106 Å². The van der Waals surface area contributed by atoms with Crippen molar-refractivity contribution in [3.05, 3.63) is 65.6 Å². The number of aromatic nitrogens is 2. The highest BCUT2D eigenvalue weighted by molar-refractivity contribution is 6.06. The molecule has 4 amide bonds. The Bertz CT molecular complexity index is 2540. The first kappa shape index (κ1) is 44.3. The molecule has 3 saturated heterocycles. The summed E-state index contributed by atoms with van der Waals surface area (Å²) in [5, 5.41) is 7.81.